The number of hydrogen-bond acceptors (Lipinski definition) is 3. The van der Waals surface area contributed by atoms with Crippen LogP contribution in [0, 0.1) is 23.6 Å². The number of ether oxygens (including phenoxy) is 1. The van der Waals surface area contributed by atoms with Crippen molar-refractivity contribution in [3.05, 3.63) is 72.6 Å². The maximum Gasteiger partial charge on any atom is 0.417 e. The number of benzene rings is 1. The summed E-state index contributed by atoms with van der Waals surface area (Å²) in [7, 11) is 0. The van der Waals surface area contributed by atoms with Gasteiger partial charge in [-0.1, -0.05) is 27.4 Å². The van der Waals surface area contributed by atoms with Gasteiger partial charge in [0.15, 0.2) is 0 Å². The number of amides is 1. The predicted octanol–water partition coefficient (Wildman–Crippen LogP) is 6.98. The number of halogens is 4. The molecule has 1 saturated carbocycles. The molecule has 1 aliphatic rings. The molecule has 2 heterocycles. The third-order valence-electron chi connectivity index (χ3n) is 6.73. The lowest BCUT2D eigenvalue weighted by Gasteiger charge is -2.18. The molecule has 0 bridgehead atoms. The molecule has 3 unspecified atom stereocenters. The van der Waals surface area contributed by atoms with Crippen molar-refractivity contribution in [1.29, 1.82) is 0 Å². The molecule has 0 aliphatic heterocycles. The predicted molar refractivity (Wildman–Crippen MR) is 135 cm³/mol. The zero-order valence-corrected chi connectivity index (χ0v) is 21.3. The molecule has 3 atom stereocenters. The fourth-order valence-corrected chi connectivity index (χ4v) is 4.79. The fourth-order valence-electron chi connectivity index (χ4n) is 4.79. The molecule has 0 radical (unpaired) electrons. The number of allylic oxidation sites excluding steroid dienone is 1. The third-order valence-corrected chi connectivity index (χ3v) is 6.73. The lowest BCUT2D eigenvalue weighted by atomic mass is 9.87. The van der Waals surface area contributed by atoms with Crippen LogP contribution in [0.15, 0.2) is 61.2 Å². The lowest BCUT2D eigenvalue weighted by Crippen LogP contribution is -2.14. The Morgan fingerprint density at radius 3 is 2.65 bits per heavy atom. The molecule has 2 aromatic heterocycles. The average Bonchev–Trinajstić information content (AvgIpc) is 3.45. The Bertz CT molecular complexity index is 1210. The summed E-state index contributed by atoms with van der Waals surface area (Å²) in [6.07, 6.45) is 3.04. The first-order valence-corrected chi connectivity index (χ1v) is 12.3. The largest absolute Gasteiger partial charge is 0.490 e. The van der Waals surface area contributed by atoms with Gasteiger partial charge < -0.3 is 14.6 Å². The van der Waals surface area contributed by atoms with Gasteiger partial charge in [-0.25, -0.2) is 4.39 Å². The summed E-state index contributed by atoms with van der Waals surface area (Å²) < 4.78 is 57.8. The number of hydrogen-bond donors (Lipinski definition) is 1. The van der Waals surface area contributed by atoms with Gasteiger partial charge in [0.2, 0.25) is 6.41 Å². The molecule has 1 amide bonds. The first kappa shape index (κ1) is 28.2. The van der Waals surface area contributed by atoms with E-state index in [1.807, 2.05) is 6.07 Å². The van der Waals surface area contributed by atoms with Crippen LogP contribution in [-0.2, 0) is 17.5 Å². The number of pyridine rings is 1. The van der Waals surface area contributed by atoms with E-state index in [1.165, 1.54) is 22.9 Å². The summed E-state index contributed by atoms with van der Waals surface area (Å²) in [5.74, 6) is 2.57. The van der Waals surface area contributed by atoms with Gasteiger partial charge in [0.1, 0.15) is 11.6 Å². The Morgan fingerprint density at radius 1 is 1.27 bits per heavy atom. The van der Waals surface area contributed by atoms with Crippen LogP contribution in [0.5, 0.6) is 5.75 Å². The summed E-state index contributed by atoms with van der Waals surface area (Å²) in [6, 6.07) is 7.50. The highest BCUT2D eigenvalue weighted by Crippen LogP contribution is 2.39. The molecule has 200 valence electrons. The maximum absolute atomic E-state index is 13.5. The number of fused-ring (bicyclic) bond motifs is 1. The van der Waals surface area contributed by atoms with Crippen molar-refractivity contribution in [2.45, 2.75) is 58.9 Å². The van der Waals surface area contributed by atoms with Crippen molar-refractivity contribution in [2.75, 3.05) is 0 Å². The highest BCUT2D eigenvalue weighted by atomic mass is 19.4. The van der Waals surface area contributed by atoms with E-state index in [1.54, 1.807) is 12.3 Å². The molecular weight excluding hydrogens is 486 g/mol. The number of aryl methyl sites for hydroxylation is 1. The van der Waals surface area contributed by atoms with Crippen LogP contribution < -0.4 is 10.1 Å². The lowest BCUT2D eigenvalue weighted by molar-refractivity contribution is -0.137. The fraction of sp³-hybridized carbons (Fsp3) is 0.429. The average molecular weight is 520 g/mol. The van der Waals surface area contributed by atoms with Gasteiger partial charge in [-0.05, 0) is 60.9 Å². The maximum atomic E-state index is 13.5. The minimum Gasteiger partial charge on any atom is -0.490 e. The van der Waals surface area contributed by atoms with Gasteiger partial charge in [0.25, 0.3) is 0 Å². The first-order valence-electron chi connectivity index (χ1n) is 12.3. The second kappa shape index (κ2) is 12.3. The highest BCUT2D eigenvalue weighted by molar-refractivity contribution is 5.84. The van der Waals surface area contributed by atoms with Crippen LogP contribution in [0.25, 0.3) is 10.9 Å². The van der Waals surface area contributed by atoms with Crippen LogP contribution >= 0.6 is 0 Å². The number of rotatable bonds is 8. The van der Waals surface area contributed by atoms with E-state index < -0.39 is 11.7 Å². The summed E-state index contributed by atoms with van der Waals surface area (Å²) in [6.45, 7) is 10.7. The molecule has 0 saturated heterocycles. The molecule has 4 rings (SSSR count). The number of nitrogens with zero attached hydrogens (tertiary/aromatic N) is 2. The Kier molecular flexibility index (Phi) is 9.34. The van der Waals surface area contributed by atoms with Crippen molar-refractivity contribution in [1.82, 2.24) is 14.9 Å². The zero-order valence-electron chi connectivity index (χ0n) is 21.3. The van der Waals surface area contributed by atoms with Crippen molar-refractivity contribution in [3.8, 4) is 5.75 Å². The van der Waals surface area contributed by atoms with Crippen molar-refractivity contribution in [2.24, 2.45) is 17.8 Å². The SMILES string of the molecule is C=C(CCn1ccc(C(F)(F)F)c1)NC=O.CC(C)C1CC(Oc2ccnc3ccc(F)cc23)CC1C. The second-order valence-corrected chi connectivity index (χ2v) is 9.82. The van der Waals surface area contributed by atoms with Crippen LogP contribution in [0.1, 0.15) is 45.6 Å². The van der Waals surface area contributed by atoms with Crippen molar-refractivity contribution < 1.29 is 27.1 Å². The molecule has 0 spiro atoms. The molecule has 9 heteroatoms. The number of alkyl halides is 3. The summed E-state index contributed by atoms with van der Waals surface area (Å²) in [4.78, 5) is 14.3. The minimum atomic E-state index is -4.32. The van der Waals surface area contributed by atoms with Gasteiger partial charge in [-0.3, -0.25) is 9.78 Å². The van der Waals surface area contributed by atoms with Crippen LogP contribution in [0.3, 0.4) is 0 Å². The minimum absolute atomic E-state index is 0.223. The Hall–Kier alpha value is -3.36. The Labute approximate surface area is 214 Å². The summed E-state index contributed by atoms with van der Waals surface area (Å²) >= 11 is 0. The molecule has 1 N–H and O–H groups in total. The second-order valence-electron chi connectivity index (χ2n) is 9.82. The molecule has 5 nitrogen and oxygen atoms in total. The molecule has 1 fully saturated rings. The number of nitrogens with one attached hydrogen (secondary N) is 1. The number of carbonyl (C=O) groups excluding carboxylic acids is 1. The van der Waals surface area contributed by atoms with Crippen LogP contribution in [0.4, 0.5) is 17.6 Å². The van der Waals surface area contributed by atoms with E-state index in [0.29, 0.717) is 42.8 Å². The van der Waals surface area contributed by atoms with Crippen molar-refractivity contribution in [3.63, 3.8) is 0 Å². The topological polar surface area (TPSA) is 56.2 Å². The van der Waals surface area contributed by atoms with Crippen LogP contribution in [-0.4, -0.2) is 22.1 Å². The van der Waals surface area contributed by atoms with Gasteiger partial charge in [-0.2, -0.15) is 13.2 Å². The molecule has 1 aliphatic carbocycles. The molecule has 3 aromatic rings. The van der Waals surface area contributed by atoms with Crippen LogP contribution in [0.2, 0.25) is 0 Å². The Morgan fingerprint density at radius 2 is 2.03 bits per heavy atom. The standard InChI is InChI=1S/C18H22FNO.C10H11F3N2O/c1-11(2)15-10-14(8-12(15)3)21-18-6-7-20-17-5-4-13(19)9-16(17)18;1-8(14-7-16)2-4-15-5-3-9(6-15)10(11,12)13/h4-7,9,11-12,14-15H,8,10H2,1-3H3;3,5-7H,1-2,4H2,(H,14,16). The normalized spacial score (nSPS) is 19.4. The monoisotopic (exact) mass is 519 g/mol. The van der Waals surface area contributed by atoms with Gasteiger partial charge >= 0.3 is 6.18 Å². The van der Waals surface area contributed by atoms with E-state index in [-0.39, 0.29) is 11.9 Å². The number of aromatic nitrogens is 2. The summed E-state index contributed by atoms with van der Waals surface area (Å²) in [5.41, 5.74) is 0.569. The van der Waals surface area contributed by atoms with E-state index in [9.17, 15) is 22.4 Å². The molecule has 37 heavy (non-hydrogen) atoms. The van der Waals surface area contributed by atoms with E-state index in [4.69, 9.17) is 4.74 Å². The van der Waals surface area contributed by atoms with Crippen molar-refractivity contribution >= 4 is 17.3 Å². The van der Waals surface area contributed by atoms with Gasteiger partial charge in [-0.15, -0.1) is 0 Å². The first-order chi connectivity index (χ1) is 17.5. The van der Waals surface area contributed by atoms with Gasteiger partial charge in [0, 0.05) is 42.6 Å². The third kappa shape index (κ3) is 7.81. The molecule has 1 aromatic carbocycles. The van der Waals surface area contributed by atoms with E-state index >= 15 is 0 Å². The van der Waals surface area contributed by atoms with Gasteiger partial charge in [0.05, 0.1) is 17.2 Å². The zero-order chi connectivity index (χ0) is 27.2. The molecular formula is C28H33F4N3O2. The Balaban J connectivity index is 0.000000214. The summed E-state index contributed by atoms with van der Waals surface area (Å²) in [5, 5.41) is 3.10. The quantitative estimate of drug-likeness (QED) is 0.258. The number of carbonyl (C=O) groups is 1. The van der Waals surface area contributed by atoms with E-state index in [2.05, 4.69) is 37.7 Å². The smallest absolute Gasteiger partial charge is 0.417 e. The van der Waals surface area contributed by atoms with E-state index in [0.717, 1.165) is 41.8 Å². The highest BCUT2D eigenvalue weighted by Gasteiger charge is 2.34.